The quantitative estimate of drug-likeness (QED) is 0.277. The zero-order chi connectivity index (χ0) is 21.7. The highest BCUT2D eigenvalue weighted by Gasteiger charge is 2.77. The molecule has 0 aromatic heterocycles. The fourth-order valence-electron chi connectivity index (χ4n) is 8.27. The predicted molar refractivity (Wildman–Crippen MR) is 123 cm³/mol. The Bertz CT molecular complexity index is 735. The second kappa shape index (κ2) is 6.09. The summed E-state index contributed by atoms with van der Waals surface area (Å²) in [5.41, 5.74) is 2.07. The van der Waals surface area contributed by atoms with Gasteiger partial charge in [-0.15, -0.1) is 0 Å². The molecule has 0 spiro atoms. The van der Waals surface area contributed by atoms with Gasteiger partial charge in [0.05, 0.1) is 5.60 Å². The molecule has 3 heteroatoms. The van der Waals surface area contributed by atoms with Crippen molar-refractivity contribution in [3.8, 4) is 0 Å². The number of rotatable bonds is 3. The molecule has 4 aliphatic carbocycles. The monoisotopic (exact) mass is 416 g/mol. The molecule has 0 aromatic rings. The highest BCUT2D eigenvalue weighted by molar-refractivity contribution is 6.74. The van der Waals surface area contributed by atoms with Crippen LogP contribution in [0.5, 0.6) is 0 Å². The van der Waals surface area contributed by atoms with E-state index in [0.717, 1.165) is 12.3 Å². The molecule has 7 atom stereocenters. The summed E-state index contributed by atoms with van der Waals surface area (Å²) in [4.78, 5) is 12.1. The summed E-state index contributed by atoms with van der Waals surface area (Å²) in [6.45, 7) is 23.8. The number of allylic oxidation sites excluding steroid dienone is 1. The van der Waals surface area contributed by atoms with Crippen molar-refractivity contribution in [2.45, 2.75) is 110 Å². The zero-order valence-electron chi connectivity index (χ0n) is 20.3. The van der Waals surface area contributed by atoms with Crippen LogP contribution in [0.1, 0.15) is 86.5 Å². The third-order valence-corrected chi connectivity index (χ3v) is 15.6. The van der Waals surface area contributed by atoms with Gasteiger partial charge in [0.25, 0.3) is 0 Å². The van der Waals surface area contributed by atoms with Crippen LogP contribution in [0.25, 0.3) is 0 Å². The maximum absolute atomic E-state index is 12.1. The molecule has 4 fully saturated rings. The zero-order valence-corrected chi connectivity index (χ0v) is 21.3. The summed E-state index contributed by atoms with van der Waals surface area (Å²) < 4.78 is 7.19. The van der Waals surface area contributed by atoms with E-state index < -0.39 is 8.32 Å². The Kier molecular flexibility index (Phi) is 4.58. The van der Waals surface area contributed by atoms with Gasteiger partial charge in [-0.25, -0.2) is 0 Å². The maximum Gasteiger partial charge on any atom is 0.192 e. The minimum absolute atomic E-state index is 0.0567. The van der Waals surface area contributed by atoms with Crippen LogP contribution >= 0.6 is 0 Å². The normalized spacial score (nSPS) is 49.7. The lowest BCUT2D eigenvalue weighted by atomic mass is 9.41. The lowest BCUT2D eigenvalue weighted by Gasteiger charge is -2.64. The van der Waals surface area contributed by atoms with Crippen LogP contribution in [-0.4, -0.2) is 20.2 Å². The predicted octanol–water partition coefficient (Wildman–Crippen LogP) is 7.15. The summed E-state index contributed by atoms with van der Waals surface area (Å²) >= 11 is 0. The second-order valence-corrected chi connectivity index (χ2v) is 18.1. The van der Waals surface area contributed by atoms with Gasteiger partial charge in [0.2, 0.25) is 0 Å². The van der Waals surface area contributed by atoms with Crippen molar-refractivity contribution in [3.05, 3.63) is 12.2 Å². The molecule has 0 saturated heterocycles. The lowest BCUT2D eigenvalue weighted by molar-refractivity contribution is -0.156. The SMILES string of the molecule is C=C1CC[C@H]2[C@@](C)(CC[C@@H]3[C@]2(C)CC[C@@]2(O[Si](C)(C)C(C)(C)C)C[C@@]32C)[C@@H]1C=O. The number of carbonyl (C=O) groups is 1. The molecule has 0 unspecified atom stereocenters. The first-order chi connectivity index (χ1) is 13.2. The molecule has 2 nitrogen and oxygen atoms in total. The van der Waals surface area contributed by atoms with E-state index in [1.807, 2.05) is 0 Å². The van der Waals surface area contributed by atoms with Gasteiger partial charge in [-0.05, 0) is 85.7 Å². The molecule has 0 heterocycles. The first-order valence-electron chi connectivity index (χ1n) is 12.0. The lowest BCUT2D eigenvalue weighted by Crippen LogP contribution is -2.59. The largest absolute Gasteiger partial charge is 0.411 e. The van der Waals surface area contributed by atoms with Crippen LogP contribution in [0, 0.1) is 34.0 Å². The van der Waals surface area contributed by atoms with E-state index in [1.54, 1.807) is 0 Å². The second-order valence-electron chi connectivity index (χ2n) is 13.4. The standard InChI is InChI=1S/C26H44O2Si/c1-18-10-11-20-23(5,19(18)16-27)13-12-21-24(20,6)14-15-26(17-25(21,26)7)28-29(8,9)22(2,3)4/h16,19-21H,1,10-15,17H2,2-9H3/t19-,20+,21-,23+,24-,25+,26-/m1/s1. The van der Waals surface area contributed by atoms with Crippen molar-refractivity contribution in [2.24, 2.45) is 34.0 Å². The molecule has 0 bridgehead atoms. The molecule has 29 heavy (non-hydrogen) atoms. The average Bonchev–Trinajstić information content (AvgIpc) is 3.17. The third kappa shape index (κ3) is 2.71. The first-order valence-corrected chi connectivity index (χ1v) is 14.9. The molecule has 0 aliphatic heterocycles. The Labute approximate surface area is 180 Å². The van der Waals surface area contributed by atoms with Gasteiger partial charge in [-0.1, -0.05) is 53.7 Å². The van der Waals surface area contributed by atoms with Gasteiger partial charge >= 0.3 is 0 Å². The maximum atomic E-state index is 12.1. The van der Waals surface area contributed by atoms with Crippen LogP contribution < -0.4 is 0 Å². The Morgan fingerprint density at radius 2 is 1.69 bits per heavy atom. The van der Waals surface area contributed by atoms with Crippen molar-refractivity contribution in [3.63, 3.8) is 0 Å². The van der Waals surface area contributed by atoms with E-state index >= 15 is 0 Å². The Morgan fingerprint density at radius 3 is 2.28 bits per heavy atom. The van der Waals surface area contributed by atoms with Gasteiger partial charge in [0.15, 0.2) is 8.32 Å². The van der Waals surface area contributed by atoms with Crippen LogP contribution in [0.4, 0.5) is 0 Å². The van der Waals surface area contributed by atoms with Crippen LogP contribution in [0.15, 0.2) is 12.2 Å². The number of carbonyl (C=O) groups excluding carboxylic acids is 1. The Balaban J connectivity index is 1.65. The molecular weight excluding hydrogens is 372 g/mol. The summed E-state index contributed by atoms with van der Waals surface area (Å²) in [7, 11) is -1.78. The van der Waals surface area contributed by atoms with Crippen molar-refractivity contribution in [1.29, 1.82) is 0 Å². The van der Waals surface area contributed by atoms with E-state index in [9.17, 15) is 4.79 Å². The van der Waals surface area contributed by atoms with Gasteiger partial charge in [0, 0.05) is 11.3 Å². The number of hydrogen-bond acceptors (Lipinski definition) is 2. The van der Waals surface area contributed by atoms with E-state index in [2.05, 4.69) is 61.2 Å². The van der Waals surface area contributed by atoms with Crippen molar-refractivity contribution in [1.82, 2.24) is 0 Å². The average molecular weight is 417 g/mol. The smallest absolute Gasteiger partial charge is 0.192 e. The Hall–Kier alpha value is -0.413. The van der Waals surface area contributed by atoms with Gasteiger partial charge in [-0.3, -0.25) is 0 Å². The topological polar surface area (TPSA) is 26.3 Å². The van der Waals surface area contributed by atoms with E-state index in [0.29, 0.717) is 16.7 Å². The molecule has 0 N–H and O–H groups in total. The van der Waals surface area contributed by atoms with Crippen molar-refractivity contribution in [2.75, 3.05) is 0 Å². The summed E-state index contributed by atoms with van der Waals surface area (Å²) in [5.74, 6) is 1.42. The Morgan fingerprint density at radius 1 is 1.03 bits per heavy atom. The summed E-state index contributed by atoms with van der Waals surface area (Å²) in [6, 6.07) is 0. The van der Waals surface area contributed by atoms with Crippen molar-refractivity contribution < 1.29 is 9.22 Å². The molecule has 0 amide bonds. The van der Waals surface area contributed by atoms with E-state index in [1.165, 1.54) is 50.4 Å². The third-order valence-electron chi connectivity index (χ3n) is 11.1. The molecule has 164 valence electrons. The first kappa shape index (κ1) is 21.8. The fraction of sp³-hybridized carbons (Fsp3) is 0.885. The minimum Gasteiger partial charge on any atom is -0.411 e. The molecule has 4 rings (SSSR count). The molecule has 0 aromatic carbocycles. The summed E-state index contributed by atoms with van der Waals surface area (Å²) in [5, 5.41) is 0.262. The van der Waals surface area contributed by atoms with E-state index in [4.69, 9.17) is 4.43 Å². The summed E-state index contributed by atoms with van der Waals surface area (Å²) in [6.07, 6.45) is 9.63. The van der Waals surface area contributed by atoms with Crippen LogP contribution in [-0.2, 0) is 9.22 Å². The fourth-order valence-corrected chi connectivity index (χ4v) is 9.96. The highest BCUT2D eigenvalue weighted by Crippen LogP contribution is 2.79. The molecule has 4 saturated carbocycles. The van der Waals surface area contributed by atoms with Crippen molar-refractivity contribution >= 4 is 14.6 Å². The van der Waals surface area contributed by atoms with Gasteiger partial charge in [-0.2, -0.15) is 0 Å². The van der Waals surface area contributed by atoms with Crippen LogP contribution in [0.2, 0.25) is 18.1 Å². The highest BCUT2D eigenvalue weighted by atomic mass is 28.4. The number of hydrogen-bond donors (Lipinski definition) is 0. The number of fused-ring (bicyclic) bond motifs is 5. The van der Waals surface area contributed by atoms with Gasteiger partial charge in [0.1, 0.15) is 6.29 Å². The van der Waals surface area contributed by atoms with E-state index in [-0.39, 0.29) is 22.0 Å². The van der Waals surface area contributed by atoms with Crippen LogP contribution in [0.3, 0.4) is 0 Å². The van der Waals surface area contributed by atoms with Gasteiger partial charge < -0.3 is 9.22 Å². The number of aldehydes is 1. The molecular formula is C26H44O2Si. The molecule has 4 aliphatic rings. The minimum atomic E-state index is -1.78. The molecule has 0 radical (unpaired) electrons.